The van der Waals surface area contributed by atoms with Crippen molar-refractivity contribution in [3.8, 4) is 0 Å². The summed E-state index contributed by atoms with van der Waals surface area (Å²) in [5.74, 6) is -0.0376. The summed E-state index contributed by atoms with van der Waals surface area (Å²) in [5.41, 5.74) is 2.86. The second-order valence-electron chi connectivity index (χ2n) is 6.42. The lowest BCUT2D eigenvalue weighted by Gasteiger charge is -2.18. The number of anilines is 2. The molecular formula is C20H22Cl2N2O2. The molecule has 1 saturated heterocycles. The maximum absolute atomic E-state index is 12.2. The van der Waals surface area contributed by atoms with E-state index in [0.717, 1.165) is 36.4 Å². The van der Waals surface area contributed by atoms with Gasteiger partial charge in [-0.15, -0.1) is 0 Å². The van der Waals surface area contributed by atoms with Gasteiger partial charge in [-0.25, -0.2) is 0 Å². The molecule has 1 fully saturated rings. The summed E-state index contributed by atoms with van der Waals surface area (Å²) >= 11 is 12.0. The van der Waals surface area contributed by atoms with Crippen LogP contribution in [0.5, 0.6) is 0 Å². The lowest BCUT2D eigenvalue weighted by molar-refractivity contribution is -0.116. The van der Waals surface area contributed by atoms with Crippen LogP contribution in [0.15, 0.2) is 42.5 Å². The second-order valence-corrected chi connectivity index (χ2v) is 7.27. The molecule has 1 N–H and O–H groups in total. The molecular weight excluding hydrogens is 371 g/mol. The van der Waals surface area contributed by atoms with Crippen LogP contribution in [-0.4, -0.2) is 32.2 Å². The summed E-state index contributed by atoms with van der Waals surface area (Å²) in [7, 11) is 1.75. The van der Waals surface area contributed by atoms with Crippen LogP contribution < -0.4 is 10.2 Å². The van der Waals surface area contributed by atoms with Gasteiger partial charge in [0.25, 0.3) is 0 Å². The maximum Gasteiger partial charge on any atom is 0.224 e. The highest BCUT2D eigenvalue weighted by molar-refractivity contribution is 6.35. The molecule has 1 unspecified atom stereocenters. The fourth-order valence-electron chi connectivity index (χ4n) is 3.11. The number of nitrogens with one attached hydrogen (secondary N) is 1. The minimum atomic E-state index is -0.0376. The molecule has 1 amide bonds. The van der Waals surface area contributed by atoms with Gasteiger partial charge >= 0.3 is 0 Å². The number of hydrogen-bond donors (Lipinski definition) is 1. The Kier molecular flexibility index (Phi) is 6.41. The van der Waals surface area contributed by atoms with Crippen LogP contribution in [0.3, 0.4) is 0 Å². The van der Waals surface area contributed by atoms with Crippen LogP contribution in [0.2, 0.25) is 10.0 Å². The van der Waals surface area contributed by atoms with Gasteiger partial charge in [0.2, 0.25) is 5.91 Å². The van der Waals surface area contributed by atoms with Gasteiger partial charge in [0, 0.05) is 48.0 Å². The van der Waals surface area contributed by atoms with Crippen LogP contribution >= 0.6 is 23.2 Å². The number of carbonyl (C=O) groups is 1. The van der Waals surface area contributed by atoms with Gasteiger partial charge in [0.05, 0.1) is 6.10 Å². The Hall–Kier alpha value is -1.75. The van der Waals surface area contributed by atoms with Crippen LogP contribution in [-0.2, 0) is 16.0 Å². The maximum atomic E-state index is 12.2. The topological polar surface area (TPSA) is 41.6 Å². The highest BCUT2D eigenvalue weighted by atomic mass is 35.5. The Morgan fingerprint density at radius 2 is 2.00 bits per heavy atom. The molecule has 2 aromatic rings. The van der Waals surface area contributed by atoms with Crippen molar-refractivity contribution in [2.24, 2.45) is 0 Å². The molecule has 0 aromatic heterocycles. The van der Waals surface area contributed by atoms with Crippen molar-refractivity contribution in [1.29, 1.82) is 0 Å². The molecule has 6 heteroatoms. The summed E-state index contributed by atoms with van der Waals surface area (Å²) in [6.07, 6.45) is 2.29. The molecule has 26 heavy (non-hydrogen) atoms. The molecule has 1 heterocycles. The average Bonchev–Trinajstić information content (AvgIpc) is 3.11. The smallest absolute Gasteiger partial charge is 0.224 e. The van der Waals surface area contributed by atoms with Crippen molar-refractivity contribution < 1.29 is 9.53 Å². The Labute approximate surface area is 164 Å². The van der Waals surface area contributed by atoms with Gasteiger partial charge in [-0.2, -0.15) is 0 Å². The van der Waals surface area contributed by atoms with Crippen molar-refractivity contribution in [2.45, 2.75) is 25.4 Å². The molecule has 0 aliphatic carbocycles. The van der Waals surface area contributed by atoms with Crippen molar-refractivity contribution in [2.75, 3.05) is 30.4 Å². The van der Waals surface area contributed by atoms with E-state index in [1.54, 1.807) is 19.2 Å². The van der Waals surface area contributed by atoms with Gasteiger partial charge in [-0.3, -0.25) is 4.79 Å². The van der Waals surface area contributed by atoms with Gasteiger partial charge in [0.15, 0.2) is 0 Å². The second kappa shape index (κ2) is 8.76. The summed E-state index contributed by atoms with van der Waals surface area (Å²) in [6.45, 7) is 1.90. The van der Waals surface area contributed by atoms with E-state index in [4.69, 9.17) is 27.9 Å². The zero-order valence-electron chi connectivity index (χ0n) is 14.7. The standard InChI is InChI=1S/C20H22Cl2N2O2/c1-26-18-10-11-24(13-18)17-7-5-16(6-8-17)23-20(25)9-3-14-2-4-15(21)12-19(14)22/h2,4-8,12,18H,3,9-11,13H2,1H3,(H,23,25). The molecule has 138 valence electrons. The quantitative estimate of drug-likeness (QED) is 0.767. The SMILES string of the molecule is COC1CCN(c2ccc(NC(=O)CCc3ccc(Cl)cc3Cl)cc2)C1. The first-order valence-corrected chi connectivity index (χ1v) is 9.42. The van der Waals surface area contributed by atoms with Crippen molar-refractivity contribution in [3.63, 3.8) is 0 Å². The lowest BCUT2D eigenvalue weighted by atomic mass is 10.1. The van der Waals surface area contributed by atoms with E-state index in [1.807, 2.05) is 30.3 Å². The van der Waals surface area contributed by atoms with E-state index in [-0.39, 0.29) is 5.91 Å². The van der Waals surface area contributed by atoms with E-state index in [9.17, 15) is 4.79 Å². The fourth-order valence-corrected chi connectivity index (χ4v) is 3.61. The first kappa shape index (κ1) is 19.0. The van der Waals surface area contributed by atoms with Crippen LogP contribution in [0.4, 0.5) is 11.4 Å². The number of halogens is 2. The van der Waals surface area contributed by atoms with E-state index in [2.05, 4.69) is 10.2 Å². The van der Waals surface area contributed by atoms with E-state index in [1.165, 1.54) is 0 Å². The molecule has 0 spiro atoms. The van der Waals surface area contributed by atoms with Crippen LogP contribution in [0.25, 0.3) is 0 Å². The Balaban J connectivity index is 1.51. The van der Waals surface area contributed by atoms with Crippen molar-refractivity contribution in [3.05, 3.63) is 58.1 Å². The normalized spacial score (nSPS) is 16.7. The predicted octanol–water partition coefficient (Wildman–Crippen LogP) is 4.79. The van der Waals surface area contributed by atoms with E-state index in [0.29, 0.717) is 29.0 Å². The molecule has 1 aliphatic heterocycles. The molecule has 2 aromatic carbocycles. The third-order valence-electron chi connectivity index (χ3n) is 4.63. The summed E-state index contributed by atoms with van der Waals surface area (Å²) < 4.78 is 5.40. The molecule has 0 radical (unpaired) electrons. The first-order chi connectivity index (χ1) is 12.5. The number of rotatable bonds is 6. The summed E-state index contributed by atoms with van der Waals surface area (Å²) in [4.78, 5) is 14.5. The Morgan fingerprint density at radius 3 is 2.65 bits per heavy atom. The average molecular weight is 393 g/mol. The predicted molar refractivity (Wildman–Crippen MR) is 107 cm³/mol. The van der Waals surface area contributed by atoms with Gasteiger partial charge < -0.3 is 15.0 Å². The number of carbonyl (C=O) groups excluding carboxylic acids is 1. The van der Waals surface area contributed by atoms with E-state index >= 15 is 0 Å². The Bertz CT molecular complexity index is 765. The Morgan fingerprint density at radius 1 is 1.23 bits per heavy atom. The minimum Gasteiger partial charge on any atom is -0.380 e. The van der Waals surface area contributed by atoms with Gasteiger partial charge in [-0.05, 0) is 54.8 Å². The van der Waals surface area contributed by atoms with E-state index < -0.39 is 0 Å². The van der Waals surface area contributed by atoms with Crippen molar-refractivity contribution >= 4 is 40.5 Å². The third-order valence-corrected chi connectivity index (χ3v) is 5.22. The first-order valence-electron chi connectivity index (χ1n) is 8.67. The number of hydrogen-bond acceptors (Lipinski definition) is 3. The number of amides is 1. The molecule has 1 aliphatic rings. The number of methoxy groups -OCH3 is 1. The van der Waals surface area contributed by atoms with Gasteiger partial charge in [-0.1, -0.05) is 29.3 Å². The molecule has 0 saturated carbocycles. The summed E-state index contributed by atoms with van der Waals surface area (Å²) in [6, 6.07) is 13.3. The lowest BCUT2D eigenvalue weighted by Crippen LogP contribution is -2.22. The number of aryl methyl sites for hydroxylation is 1. The van der Waals surface area contributed by atoms with Crippen LogP contribution in [0.1, 0.15) is 18.4 Å². The highest BCUT2D eigenvalue weighted by Gasteiger charge is 2.22. The van der Waals surface area contributed by atoms with Gasteiger partial charge in [0.1, 0.15) is 0 Å². The largest absolute Gasteiger partial charge is 0.380 e. The highest BCUT2D eigenvalue weighted by Crippen LogP contribution is 2.24. The monoisotopic (exact) mass is 392 g/mol. The third kappa shape index (κ3) is 4.91. The number of nitrogens with zero attached hydrogens (tertiary/aromatic N) is 1. The fraction of sp³-hybridized carbons (Fsp3) is 0.350. The molecule has 4 nitrogen and oxygen atoms in total. The number of benzene rings is 2. The zero-order valence-corrected chi connectivity index (χ0v) is 16.2. The molecule has 0 bridgehead atoms. The summed E-state index contributed by atoms with van der Waals surface area (Å²) in [5, 5.41) is 4.12. The van der Waals surface area contributed by atoms with Crippen LogP contribution in [0, 0.1) is 0 Å². The molecule has 3 rings (SSSR count). The number of ether oxygens (including phenoxy) is 1. The minimum absolute atomic E-state index is 0.0376. The molecule has 1 atom stereocenters. The van der Waals surface area contributed by atoms with Crippen molar-refractivity contribution in [1.82, 2.24) is 0 Å². The zero-order chi connectivity index (χ0) is 18.5.